The molecule has 5 heteroatoms. The molecule has 136 valence electrons. The topological polar surface area (TPSA) is 39.7 Å². The number of nitrogens with one attached hydrogen (secondary N) is 1. The highest BCUT2D eigenvalue weighted by Gasteiger charge is 2.14. The fourth-order valence-electron chi connectivity index (χ4n) is 2.52. The molecular formula is C20H26ClNO3. The molecule has 2 aromatic rings. The zero-order valence-corrected chi connectivity index (χ0v) is 16.0. The third kappa shape index (κ3) is 5.83. The maximum absolute atomic E-state index is 6.20. The van der Waals surface area contributed by atoms with Crippen LogP contribution >= 0.6 is 11.6 Å². The molecule has 0 radical (unpaired) electrons. The van der Waals surface area contributed by atoms with E-state index in [9.17, 15) is 0 Å². The van der Waals surface area contributed by atoms with Crippen LogP contribution in [0.4, 0.5) is 0 Å². The SMILES string of the molecule is COc1ccc(CCNCc2cc(Cl)cc(OC)c2OC(C)C)cc1. The zero-order valence-electron chi connectivity index (χ0n) is 15.3. The van der Waals surface area contributed by atoms with Crippen LogP contribution in [0, 0.1) is 0 Å². The zero-order chi connectivity index (χ0) is 18.2. The summed E-state index contributed by atoms with van der Waals surface area (Å²) in [5.74, 6) is 2.28. The molecule has 0 aliphatic carbocycles. The number of halogens is 1. The van der Waals surface area contributed by atoms with E-state index in [1.165, 1.54) is 5.56 Å². The van der Waals surface area contributed by atoms with Crippen LogP contribution in [-0.4, -0.2) is 26.9 Å². The van der Waals surface area contributed by atoms with Gasteiger partial charge in [0.15, 0.2) is 11.5 Å². The Labute approximate surface area is 155 Å². The van der Waals surface area contributed by atoms with Crippen LogP contribution in [0.5, 0.6) is 17.2 Å². The lowest BCUT2D eigenvalue weighted by atomic mass is 10.1. The monoisotopic (exact) mass is 363 g/mol. The lowest BCUT2D eigenvalue weighted by Crippen LogP contribution is -2.18. The van der Waals surface area contributed by atoms with Crippen molar-refractivity contribution >= 4 is 11.6 Å². The molecule has 25 heavy (non-hydrogen) atoms. The van der Waals surface area contributed by atoms with Crippen molar-refractivity contribution < 1.29 is 14.2 Å². The van der Waals surface area contributed by atoms with Gasteiger partial charge in [0.2, 0.25) is 0 Å². The minimum Gasteiger partial charge on any atom is -0.497 e. The first-order chi connectivity index (χ1) is 12.0. The number of ether oxygens (including phenoxy) is 3. The van der Waals surface area contributed by atoms with Crippen LogP contribution < -0.4 is 19.5 Å². The first-order valence-corrected chi connectivity index (χ1v) is 8.78. The van der Waals surface area contributed by atoms with E-state index >= 15 is 0 Å². The van der Waals surface area contributed by atoms with Crippen LogP contribution in [0.2, 0.25) is 5.02 Å². The third-order valence-corrected chi connectivity index (χ3v) is 3.95. The molecule has 2 rings (SSSR count). The van der Waals surface area contributed by atoms with Gasteiger partial charge in [0.25, 0.3) is 0 Å². The van der Waals surface area contributed by atoms with Crippen LogP contribution in [0.25, 0.3) is 0 Å². The van der Waals surface area contributed by atoms with Crippen LogP contribution in [0.15, 0.2) is 36.4 Å². The average Bonchev–Trinajstić information content (AvgIpc) is 2.60. The fraction of sp³-hybridized carbons (Fsp3) is 0.400. The summed E-state index contributed by atoms with van der Waals surface area (Å²) in [7, 11) is 3.30. The van der Waals surface area contributed by atoms with Crippen molar-refractivity contribution in [3.05, 3.63) is 52.5 Å². The summed E-state index contributed by atoms with van der Waals surface area (Å²) in [6, 6.07) is 11.8. The summed E-state index contributed by atoms with van der Waals surface area (Å²) in [6.45, 7) is 5.50. The summed E-state index contributed by atoms with van der Waals surface area (Å²) < 4.78 is 16.5. The molecule has 0 saturated heterocycles. The molecule has 0 amide bonds. The van der Waals surface area contributed by atoms with Gasteiger partial charge in [-0.25, -0.2) is 0 Å². The Bertz CT molecular complexity index is 671. The third-order valence-electron chi connectivity index (χ3n) is 3.73. The minimum absolute atomic E-state index is 0.0631. The van der Waals surface area contributed by atoms with Gasteiger partial charge in [-0.05, 0) is 50.6 Å². The normalized spacial score (nSPS) is 10.8. The quantitative estimate of drug-likeness (QED) is 0.667. The molecule has 0 aromatic heterocycles. The Balaban J connectivity index is 1.97. The lowest BCUT2D eigenvalue weighted by Gasteiger charge is -2.18. The van der Waals surface area contributed by atoms with E-state index in [1.54, 1.807) is 20.3 Å². The van der Waals surface area contributed by atoms with Crippen molar-refractivity contribution in [2.45, 2.75) is 32.9 Å². The molecule has 0 spiro atoms. The van der Waals surface area contributed by atoms with Crippen LogP contribution in [0.3, 0.4) is 0 Å². The smallest absolute Gasteiger partial charge is 0.166 e. The maximum atomic E-state index is 6.20. The number of rotatable bonds is 9. The second kappa shape index (κ2) is 9.54. The number of hydrogen-bond donors (Lipinski definition) is 1. The van der Waals surface area contributed by atoms with Gasteiger partial charge in [-0.15, -0.1) is 0 Å². The van der Waals surface area contributed by atoms with Crippen molar-refractivity contribution in [1.29, 1.82) is 0 Å². The van der Waals surface area contributed by atoms with Crippen LogP contribution in [0.1, 0.15) is 25.0 Å². The van der Waals surface area contributed by atoms with Gasteiger partial charge < -0.3 is 19.5 Å². The predicted octanol–water partition coefficient (Wildman–Crippen LogP) is 4.48. The largest absolute Gasteiger partial charge is 0.497 e. The minimum atomic E-state index is 0.0631. The molecule has 0 heterocycles. The number of hydrogen-bond acceptors (Lipinski definition) is 4. The second-order valence-corrected chi connectivity index (χ2v) is 6.47. The number of benzene rings is 2. The maximum Gasteiger partial charge on any atom is 0.166 e. The van der Waals surface area contributed by atoms with Crippen molar-refractivity contribution in [3.63, 3.8) is 0 Å². The Hall–Kier alpha value is -1.91. The molecule has 0 fully saturated rings. The van der Waals surface area contributed by atoms with E-state index in [4.69, 9.17) is 25.8 Å². The van der Waals surface area contributed by atoms with E-state index in [0.717, 1.165) is 30.0 Å². The van der Waals surface area contributed by atoms with Gasteiger partial charge >= 0.3 is 0 Å². The fourth-order valence-corrected chi connectivity index (χ4v) is 2.75. The summed E-state index contributed by atoms with van der Waals surface area (Å²) in [5, 5.41) is 4.08. The van der Waals surface area contributed by atoms with Gasteiger partial charge in [-0.1, -0.05) is 23.7 Å². The Morgan fingerprint density at radius 3 is 2.36 bits per heavy atom. The molecule has 0 saturated carbocycles. The summed E-state index contributed by atoms with van der Waals surface area (Å²) in [5.41, 5.74) is 2.25. The van der Waals surface area contributed by atoms with E-state index in [2.05, 4.69) is 17.4 Å². The predicted molar refractivity (Wildman–Crippen MR) is 102 cm³/mol. The van der Waals surface area contributed by atoms with Crippen molar-refractivity contribution in [3.8, 4) is 17.2 Å². The first-order valence-electron chi connectivity index (χ1n) is 8.40. The molecule has 0 atom stereocenters. The molecule has 0 bridgehead atoms. The van der Waals surface area contributed by atoms with E-state index in [0.29, 0.717) is 17.3 Å². The van der Waals surface area contributed by atoms with Gasteiger partial charge in [0.05, 0.1) is 20.3 Å². The highest BCUT2D eigenvalue weighted by Crippen LogP contribution is 2.35. The molecule has 4 nitrogen and oxygen atoms in total. The molecule has 0 aliphatic rings. The number of methoxy groups -OCH3 is 2. The summed E-state index contributed by atoms with van der Waals surface area (Å²) in [4.78, 5) is 0. The second-order valence-electron chi connectivity index (χ2n) is 6.04. The molecule has 0 unspecified atom stereocenters. The van der Waals surface area contributed by atoms with Crippen molar-refractivity contribution in [2.24, 2.45) is 0 Å². The van der Waals surface area contributed by atoms with Crippen LogP contribution in [-0.2, 0) is 13.0 Å². The highest BCUT2D eigenvalue weighted by atomic mass is 35.5. The summed E-state index contributed by atoms with van der Waals surface area (Å²) in [6.07, 6.45) is 0.996. The highest BCUT2D eigenvalue weighted by molar-refractivity contribution is 6.30. The molecule has 0 aliphatic heterocycles. The van der Waals surface area contributed by atoms with E-state index in [1.807, 2.05) is 32.0 Å². The standard InChI is InChI=1S/C20H26ClNO3/c1-14(2)25-20-16(11-17(21)12-19(20)24-4)13-22-10-9-15-5-7-18(23-3)8-6-15/h5-8,11-12,14,22H,9-10,13H2,1-4H3. The van der Waals surface area contributed by atoms with E-state index < -0.39 is 0 Å². The Kier molecular flexibility index (Phi) is 7.41. The Morgan fingerprint density at radius 1 is 1.04 bits per heavy atom. The summed E-state index contributed by atoms with van der Waals surface area (Å²) >= 11 is 6.20. The Morgan fingerprint density at radius 2 is 1.76 bits per heavy atom. The molecular weight excluding hydrogens is 338 g/mol. The van der Waals surface area contributed by atoms with Gasteiger partial charge in [0.1, 0.15) is 5.75 Å². The van der Waals surface area contributed by atoms with Gasteiger partial charge in [-0.2, -0.15) is 0 Å². The average molecular weight is 364 g/mol. The lowest BCUT2D eigenvalue weighted by molar-refractivity contribution is 0.227. The van der Waals surface area contributed by atoms with Crippen molar-refractivity contribution in [1.82, 2.24) is 5.32 Å². The first kappa shape index (κ1) is 19.4. The van der Waals surface area contributed by atoms with Crippen molar-refractivity contribution in [2.75, 3.05) is 20.8 Å². The van der Waals surface area contributed by atoms with E-state index in [-0.39, 0.29) is 6.10 Å². The molecule has 1 N–H and O–H groups in total. The van der Waals surface area contributed by atoms with Gasteiger partial charge in [0, 0.05) is 23.2 Å². The van der Waals surface area contributed by atoms with Gasteiger partial charge in [-0.3, -0.25) is 0 Å². The molecule has 2 aromatic carbocycles.